The van der Waals surface area contributed by atoms with Crippen LogP contribution in [0, 0.1) is 5.41 Å². The number of H-pyrrole nitrogens is 2. The number of hydrogen-bond acceptors (Lipinski definition) is 3. The van der Waals surface area contributed by atoms with Gasteiger partial charge in [-0.3, -0.25) is 14.7 Å². The fourth-order valence-electron chi connectivity index (χ4n) is 5.30. The second-order valence-corrected chi connectivity index (χ2v) is 10.4. The molecule has 0 spiro atoms. The molecule has 2 amide bonds. The summed E-state index contributed by atoms with van der Waals surface area (Å²) < 4.78 is 0. The Hall–Kier alpha value is -3.09. The second kappa shape index (κ2) is 8.04. The van der Waals surface area contributed by atoms with E-state index in [-0.39, 0.29) is 11.8 Å². The zero-order valence-corrected chi connectivity index (χ0v) is 20.0. The number of fused-ring (bicyclic) bond motifs is 2. The zero-order chi connectivity index (χ0) is 23.3. The third-order valence-electron chi connectivity index (χ3n) is 7.42. The van der Waals surface area contributed by atoms with Crippen molar-refractivity contribution < 1.29 is 9.59 Å². The Morgan fingerprint density at radius 2 is 2.03 bits per heavy atom. The van der Waals surface area contributed by atoms with Crippen molar-refractivity contribution in [2.24, 2.45) is 5.41 Å². The van der Waals surface area contributed by atoms with E-state index in [4.69, 9.17) is 0 Å². The Kier molecular flexibility index (Phi) is 5.30. The fraction of sp³-hybridized carbons (Fsp3) is 0.500. The van der Waals surface area contributed by atoms with Crippen LogP contribution in [0.5, 0.6) is 0 Å². The molecule has 5 rings (SSSR count). The van der Waals surface area contributed by atoms with Crippen molar-refractivity contribution in [2.45, 2.75) is 65.3 Å². The molecule has 1 aliphatic heterocycles. The molecule has 33 heavy (non-hydrogen) atoms. The van der Waals surface area contributed by atoms with Gasteiger partial charge in [0.2, 0.25) is 11.8 Å². The molecule has 1 fully saturated rings. The van der Waals surface area contributed by atoms with Gasteiger partial charge in [0.15, 0.2) is 0 Å². The average Bonchev–Trinajstić information content (AvgIpc) is 3.39. The standard InChI is InChI=1S/C26H33N5O2/c1-16(31-12-6-5-7-23(31)32)25(33)30(4)18-9-8-17-13-21(27-20(17)14-18)24-19-10-11-26(2,3)15-22(19)28-29-24/h8-9,13-14,16,27H,5-7,10-12,15H2,1-4H3,(H,28,29). The molecular weight excluding hydrogens is 414 g/mol. The van der Waals surface area contributed by atoms with Gasteiger partial charge in [-0.25, -0.2) is 0 Å². The van der Waals surface area contributed by atoms with Gasteiger partial charge in [-0.15, -0.1) is 0 Å². The summed E-state index contributed by atoms with van der Waals surface area (Å²) >= 11 is 0. The second-order valence-electron chi connectivity index (χ2n) is 10.4. The summed E-state index contributed by atoms with van der Waals surface area (Å²) in [5, 5.41) is 8.98. The number of hydrogen-bond donors (Lipinski definition) is 2. The Bertz CT molecular complexity index is 1220. The van der Waals surface area contributed by atoms with Gasteiger partial charge in [-0.05, 0) is 62.6 Å². The van der Waals surface area contributed by atoms with Gasteiger partial charge in [0, 0.05) is 47.9 Å². The van der Waals surface area contributed by atoms with Crippen LogP contribution < -0.4 is 4.90 Å². The Labute approximate surface area is 194 Å². The molecule has 1 aromatic carbocycles. The van der Waals surface area contributed by atoms with Crippen LogP contribution in [0.15, 0.2) is 24.3 Å². The summed E-state index contributed by atoms with van der Waals surface area (Å²) in [6.45, 7) is 7.10. The van der Waals surface area contributed by atoms with Crippen molar-refractivity contribution in [3.63, 3.8) is 0 Å². The number of nitrogens with one attached hydrogen (secondary N) is 2. The maximum Gasteiger partial charge on any atom is 0.249 e. The Morgan fingerprint density at radius 3 is 2.82 bits per heavy atom. The molecule has 0 saturated carbocycles. The van der Waals surface area contributed by atoms with Crippen molar-refractivity contribution in [1.29, 1.82) is 0 Å². The SMILES string of the molecule is CC(C(=O)N(C)c1ccc2cc(-c3n[nH]c4c3CCC(C)(C)C4)[nH]c2c1)N1CCCCC1=O. The third-order valence-corrected chi connectivity index (χ3v) is 7.42. The topological polar surface area (TPSA) is 85.1 Å². The monoisotopic (exact) mass is 447 g/mol. The molecule has 3 heterocycles. The molecule has 7 nitrogen and oxygen atoms in total. The number of carbonyl (C=O) groups is 2. The number of rotatable bonds is 4. The van der Waals surface area contributed by atoms with Crippen LogP contribution in [0.3, 0.4) is 0 Å². The van der Waals surface area contributed by atoms with Crippen LogP contribution in [0.4, 0.5) is 5.69 Å². The Balaban J connectivity index is 1.39. The minimum Gasteiger partial charge on any atom is -0.353 e. The molecule has 2 aromatic heterocycles. The lowest BCUT2D eigenvalue weighted by molar-refractivity contribution is -0.140. The first kappa shape index (κ1) is 21.7. The number of piperidine rings is 1. The predicted octanol–water partition coefficient (Wildman–Crippen LogP) is 4.44. The fourth-order valence-corrected chi connectivity index (χ4v) is 5.30. The summed E-state index contributed by atoms with van der Waals surface area (Å²) in [7, 11) is 1.78. The molecule has 174 valence electrons. The first-order valence-electron chi connectivity index (χ1n) is 12.0. The summed E-state index contributed by atoms with van der Waals surface area (Å²) in [4.78, 5) is 32.3. The molecule has 1 unspecified atom stereocenters. The number of nitrogens with zero attached hydrogens (tertiary/aromatic N) is 3. The highest BCUT2D eigenvalue weighted by atomic mass is 16.2. The number of carbonyl (C=O) groups excluding carboxylic acids is 2. The summed E-state index contributed by atoms with van der Waals surface area (Å²) in [5.74, 6) is 0.00560. The van der Waals surface area contributed by atoms with E-state index in [9.17, 15) is 9.59 Å². The van der Waals surface area contributed by atoms with Gasteiger partial charge < -0.3 is 14.8 Å². The summed E-state index contributed by atoms with van der Waals surface area (Å²) in [5.41, 5.74) is 6.64. The minimum absolute atomic E-state index is 0.0691. The van der Waals surface area contributed by atoms with Crippen LogP contribution >= 0.6 is 0 Å². The number of anilines is 1. The average molecular weight is 448 g/mol. The van der Waals surface area contributed by atoms with E-state index in [1.165, 1.54) is 11.3 Å². The van der Waals surface area contributed by atoms with Crippen LogP contribution in [0.1, 0.15) is 57.7 Å². The predicted molar refractivity (Wildman–Crippen MR) is 130 cm³/mol. The molecule has 1 atom stereocenters. The molecule has 1 saturated heterocycles. The normalized spacial score (nSPS) is 18.9. The number of amides is 2. The number of aromatic amines is 2. The lowest BCUT2D eigenvalue weighted by atomic mass is 9.76. The van der Waals surface area contributed by atoms with Crippen molar-refractivity contribution in [3.8, 4) is 11.4 Å². The van der Waals surface area contributed by atoms with Crippen LogP contribution in [0.2, 0.25) is 0 Å². The van der Waals surface area contributed by atoms with E-state index in [1.54, 1.807) is 16.8 Å². The van der Waals surface area contributed by atoms with E-state index in [0.29, 0.717) is 18.4 Å². The van der Waals surface area contributed by atoms with Crippen molar-refractivity contribution in [1.82, 2.24) is 20.1 Å². The summed E-state index contributed by atoms with van der Waals surface area (Å²) in [6.07, 6.45) is 5.60. The highest BCUT2D eigenvalue weighted by molar-refractivity contribution is 6.00. The molecule has 3 aromatic rings. The van der Waals surface area contributed by atoms with Gasteiger partial charge in [0.1, 0.15) is 11.7 Å². The smallest absolute Gasteiger partial charge is 0.249 e. The van der Waals surface area contributed by atoms with Crippen molar-refractivity contribution in [3.05, 3.63) is 35.5 Å². The van der Waals surface area contributed by atoms with Crippen molar-refractivity contribution in [2.75, 3.05) is 18.5 Å². The van der Waals surface area contributed by atoms with E-state index >= 15 is 0 Å². The first-order valence-corrected chi connectivity index (χ1v) is 12.0. The van der Waals surface area contributed by atoms with E-state index < -0.39 is 6.04 Å². The maximum absolute atomic E-state index is 13.1. The molecule has 1 aliphatic carbocycles. The van der Waals surface area contributed by atoms with Crippen LogP contribution in [-0.4, -0.2) is 51.5 Å². The largest absolute Gasteiger partial charge is 0.353 e. The van der Waals surface area contributed by atoms with Gasteiger partial charge in [-0.1, -0.05) is 19.9 Å². The highest BCUT2D eigenvalue weighted by Gasteiger charge is 2.31. The first-order chi connectivity index (χ1) is 15.7. The maximum atomic E-state index is 13.1. The zero-order valence-electron chi connectivity index (χ0n) is 20.0. The lowest BCUT2D eigenvalue weighted by Crippen LogP contribution is -2.50. The summed E-state index contributed by atoms with van der Waals surface area (Å²) in [6, 6.07) is 7.67. The number of likely N-dealkylation sites (N-methyl/N-ethyl adjacent to an activating group) is 1. The third kappa shape index (κ3) is 3.94. The number of likely N-dealkylation sites (tertiary alicyclic amines) is 1. The minimum atomic E-state index is -0.461. The molecular formula is C26H33N5O2. The van der Waals surface area contributed by atoms with Gasteiger partial charge >= 0.3 is 0 Å². The lowest BCUT2D eigenvalue weighted by Gasteiger charge is -2.33. The molecule has 0 radical (unpaired) electrons. The van der Waals surface area contributed by atoms with E-state index in [2.05, 4.69) is 35.1 Å². The molecule has 2 aliphatic rings. The van der Waals surface area contributed by atoms with E-state index in [1.807, 2.05) is 25.1 Å². The van der Waals surface area contributed by atoms with Crippen LogP contribution in [-0.2, 0) is 22.4 Å². The molecule has 0 bridgehead atoms. The van der Waals surface area contributed by atoms with Gasteiger partial charge in [-0.2, -0.15) is 5.10 Å². The quantitative estimate of drug-likeness (QED) is 0.620. The highest BCUT2D eigenvalue weighted by Crippen LogP contribution is 2.38. The number of aromatic nitrogens is 3. The van der Waals surface area contributed by atoms with Crippen molar-refractivity contribution >= 4 is 28.4 Å². The molecule has 2 N–H and O–H groups in total. The number of benzene rings is 1. The molecule has 7 heteroatoms. The Morgan fingerprint density at radius 1 is 1.21 bits per heavy atom. The van der Waals surface area contributed by atoms with Crippen LogP contribution in [0.25, 0.3) is 22.3 Å². The van der Waals surface area contributed by atoms with Gasteiger partial charge in [0.25, 0.3) is 0 Å². The van der Waals surface area contributed by atoms with E-state index in [0.717, 1.165) is 60.1 Å². The van der Waals surface area contributed by atoms with Gasteiger partial charge in [0.05, 0.1) is 5.69 Å².